The number of amides is 2. The van der Waals surface area contributed by atoms with E-state index in [1.54, 1.807) is 25.2 Å². The molecule has 1 N–H and O–H groups in total. The summed E-state index contributed by atoms with van der Waals surface area (Å²) in [6.45, 7) is 0.227. The summed E-state index contributed by atoms with van der Waals surface area (Å²) >= 11 is 0. The van der Waals surface area contributed by atoms with Crippen LogP contribution in [0.2, 0.25) is 0 Å². The molecule has 0 spiro atoms. The first kappa shape index (κ1) is 14.8. The van der Waals surface area contributed by atoms with E-state index in [9.17, 15) is 14.4 Å². The van der Waals surface area contributed by atoms with E-state index in [1.165, 1.54) is 12.0 Å². The van der Waals surface area contributed by atoms with Gasteiger partial charge in [-0.05, 0) is 18.2 Å². The molecule has 0 aliphatic carbocycles. The van der Waals surface area contributed by atoms with Gasteiger partial charge in [-0.25, -0.2) is 0 Å². The number of ether oxygens (including phenoxy) is 2. The minimum Gasteiger partial charge on any atom is -0.482 e. The highest BCUT2D eigenvalue weighted by molar-refractivity contribution is 5.99. The molecule has 2 amide bonds. The number of rotatable bonds is 4. The summed E-state index contributed by atoms with van der Waals surface area (Å²) in [5.41, 5.74) is 0.880. The molecule has 0 saturated carbocycles. The predicted octanol–water partition coefficient (Wildman–Crippen LogP) is 0.653. The second-order valence-corrected chi connectivity index (χ2v) is 4.60. The molecule has 1 heterocycles. The number of nitrogens with one attached hydrogen (secondary N) is 1. The molecule has 1 aliphatic heterocycles. The number of nitrogens with zero attached hydrogens (tertiary/aromatic N) is 1. The lowest BCUT2D eigenvalue weighted by Crippen LogP contribution is -2.30. The predicted molar refractivity (Wildman–Crippen MR) is 74.2 cm³/mol. The van der Waals surface area contributed by atoms with Crippen molar-refractivity contribution in [1.82, 2.24) is 4.90 Å². The van der Waals surface area contributed by atoms with E-state index in [0.717, 1.165) is 0 Å². The minimum absolute atomic E-state index is 0.0284. The van der Waals surface area contributed by atoms with Crippen molar-refractivity contribution in [3.05, 3.63) is 23.8 Å². The van der Waals surface area contributed by atoms with Gasteiger partial charge in [0.25, 0.3) is 11.8 Å². The van der Waals surface area contributed by atoms with Crippen LogP contribution in [0.3, 0.4) is 0 Å². The molecule has 21 heavy (non-hydrogen) atoms. The summed E-state index contributed by atoms with van der Waals surface area (Å²) in [7, 11) is 2.90. The number of hydrogen-bond donors (Lipinski definition) is 1. The van der Waals surface area contributed by atoms with Gasteiger partial charge in [-0.3, -0.25) is 14.4 Å². The topological polar surface area (TPSA) is 84.9 Å². The fraction of sp³-hybridized carbons (Fsp3) is 0.357. The average molecular weight is 292 g/mol. The number of benzene rings is 1. The van der Waals surface area contributed by atoms with Gasteiger partial charge in [0.05, 0.1) is 19.2 Å². The summed E-state index contributed by atoms with van der Waals surface area (Å²) in [5, 5.41) is 2.64. The molecular weight excluding hydrogens is 276 g/mol. The van der Waals surface area contributed by atoms with Gasteiger partial charge < -0.3 is 19.7 Å². The molecule has 0 aromatic heterocycles. The maximum absolute atomic E-state index is 12.2. The monoisotopic (exact) mass is 292 g/mol. The van der Waals surface area contributed by atoms with Crippen LogP contribution in [0, 0.1) is 0 Å². The third kappa shape index (κ3) is 3.50. The number of methoxy groups -OCH3 is 1. The molecule has 0 atom stereocenters. The molecule has 1 aromatic carbocycles. The molecule has 0 unspecified atom stereocenters. The number of fused-ring (bicyclic) bond motifs is 1. The Bertz CT molecular complexity index is 585. The van der Waals surface area contributed by atoms with Crippen molar-refractivity contribution in [3.63, 3.8) is 0 Å². The molecule has 0 saturated heterocycles. The van der Waals surface area contributed by atoms with Gasteiger partial charge in [-0.15, -0.1) is 0 Å². The fourth-order valence-electron chi connectivity index (χ4n) is 1.90. The van der Waals surface area contributed by atoms with E-state index in [0.29, 0.717) is 17.0 Å². The first-order valence-electron chi connectivity index (χ1n) is 6.40. The first-order chi connectivity index (χ1) is 10.0. The van der Waals surface area contributed by atoms with Gasteiger partial charge in [0.1, 0.15) is 5.75 Å². The molecule has 7 nitrogen and oxygen atoms in total. The number of esters is 1. The lowest BCUT2D eigenvalue weighted by atomic mass is 10.1. The van der Waals surface area contributed by atoms with Crippen LogP contribution in [0.1, 0.15) is 16.8 Å². The summed E-state index contributed by atoms with van der Waals surface area (Å²) in [4.78, 5) is 36.0. The van der Waals surface area contributed by atoms with Gasteiger partial charge in [0, 0.05) is 19.2 Å². The van der Waals surface area contributed by atoms with Gasteiger partial charge in [0.2, 0.25) is 0 Å². The van der Waals surface area contributed by atoms with Crippen LogP contribution in [0.25, 0.3) is 0 Å². The zero-order chi connectivity index (χ0) is 15.4. The van der Waals surface area contributed by atoms with Crippen LogP contribution in [-0.2, 0) is 14.3 Å². The Morgan fingerprint density at radius 1 is 1.43 bits per heavy atom. The van der Waals surface area contributed by atoms with Crippen molar-refractivity contribution < 1.29 is 23.9 Å². The van der Waals surface area contributed by atoms with Crippen LogP contribution >= 0.6 is 0 Å². The molecule has 1 aliphatic rings. The first-order valence-corrected chi connectivity index (χ1v) is 6.40. The van der Waals surface area contributed by atoms with Crippen molar-refractivity contribution in [2.45, 2.75) is 6.42 Å². The Kier molecular flexibility index (Phi) is 4.42. The highest BCUT2D eigenvalue weighted by Crippen LogP contribution is 2.28. The van der Waals surface area contributed by atoms with Gasteiger partial charge in [0.15, 0.2) is 6.61 Å². The molecule has 1 aromatic rings. The Balaban J connectivity index is 2.07. The summed E-state index contributed by atoms with van der Waals surface area (Å²) < 4.78 is 9.76. The number of hydrogen-bond acceptors (Lipinski definition) is 5. The number of carbonyl (C=O) groups excluding carboxylic acids is 3. The van der Waals surface area contributed by atoms with Crippen LogP contribution < -0.4 is 10.1 Å². The zero-order valence-electron chi connectivity index (χ0n) is 11.8. The quantitative estimate of drug-likeness (QED) is 0.824. The molecule has 2 rings (SSSR count). The van der Waals surface area contributed by atoms with Crippen molar-refractivity contribution in [3.8, 4) is 5.75 Å². The summed E-state index contributed by atoms with van der Waals surface area (Å²) in [5.74, 6) is -0.350. The lowest BCUT2D eigenvalue weighted by Gasteiger charge is -2.20. The molecule has 112 valence electrons. The summed E-state index contributed by atoms with van der Waals surface area (Å²) in [6.07, 6.45) is 0.128. The molecule has 0 radical (unpaired) electrons. The van der Waals surface area contributed by atoms with Crippen molar-refractivity contribution in [2.24, 2.45) is 0 Å². The van der Waals surface area contributed by atoms with Crippen LogP contribution in [0.4, 0.5) is 5.69 Å². The standard InChI is InChI=1S/C14H16N2O5/c1-16(6-5-13(18)20-2)14(19)9-3-4-11-10(7-9)15-12(17)8-21-11/h3-4,7H,5-6,8H2,1-2H3,(H,15,17). The third-order valence-corrected chi connectivity index (χ3v) is 3.09. The normalized spacial score (nSPS) is 12.8. The lowest BCUT2D eigenvalue weighted by molar-refractivity contribution is -0.140. The van der Waals surface area contributed by atoms with E-state index >= 15 is 0 Å². The molecular formula is C14H16N2O5. The van der Waals surface area contributed by atoms with E-state index in [2.05, 4.69) is 10.1 Å². The molecule has 0 fully saturated rings. The van der Waals surface area contributed by atoms with Crippen molar-refractivity contribution >= 4 is 23.5 Å². The Morgan fingerprint density at radius 2 is 2.19 bits per heavy atom. The maximum atomic E-state index is 12.2. The number of carbonyl (C=O) groups is 3. The van der Waals surface area contributed by atoms with Gasteiger partial charge in [-0.1, -0.05) is 0 Å². The second-order valence-electron chi connectivity index (χ2n) is 4.60. The highest BCUT2D eigenvalue weighted by Gasteiger charge is 2.19. The Morgan fingerprint density at radius 3 is 2.90 bits per heavy atom. The van der Waals surface area contributed by atoms with Crippen LogP contribution in [0.5, 0.6) is 5.75 Å². The van der Waals surface area contributed by atoms with Crippen molar-refractivity contribution in [1.29, 1.82) is 0 Å². The van der Waals surface area contributed by atoms with Crippen molar-refractivity contribution in [2.75, 3.05) is 32.6 Å². The molecule has 0 bridgehead atoms. The largest absolute Gasteiger partial charge is 0.482 e. The van der Waals surface area contributed by atoms with E-state index in [1.807, 2.05) is 0 Å². The summed E-state index contributed by atoms with van der Waals surface area (Å²) in [6, 6.07) is 4.81. The van der Waals surface area contributed by atoms with E-state index in [-0.39, 0.29) is 37.4 Å². The van der Waals surface area contributed by atoms with E-state index < -0.39 is 0 Å². The zero-order valence-corrected chi connectivity index (χ0v) is 11.8. The van der Waals surface area contributed by atoms with Gasteiger partial charge in [-0.2, -0.15) is 0 Å². The minimum atomic E-state index is -0.374. The smallest absolute Gasteiger partial charge is 0.307 e. The van der Waals surface area contributed by atoms with Crippen LogP contribution in [-0.4, -0.2) is 50.0 Å². The number of anilines is 1. The fourth-order valence-corrected chi connectivity index (χ4v) is 1.90. The van der Waals surface area contributed by atoms with E-state index in [4.69, 9.17) is 4.74 Å². The second kappa shape index (κ2) is 6.25. The SMILES string of the molecule is COC(=O)CCN(C)C(=O)c1ccc2c(c1)NC(=O)CO2. The Hall–Kier alpha value is -2.57. The average Bonchev–Trinajstić information content (AvgIpc) is 2.50. The molecule has 7 heteroatoms. The van der Waals surface area contributed by atoms with Gasteiger partial charge >= 0.3 is 5.97 Å². The third-order valence-electron chi connectivity index (χ3n) is 3.09. The van der Waals surface area contributed by atoms with Crippen LogP contribution in [0.15, 0.2) is 18.2 Å². The highest BCUT2D eigenvalue weighted by atomic mass is 16.5. The Labute approximate surface area is 121 Å². The maximum Gasteiger partial charge on any atom is 0.307 e.